The highest BCUT2D eigenvalue weighted by Crippen LogP contribution is 2.36. The Labute approximate surface area is 105 Å². The predicted molar refractivity (Wildman–Crippen MR) is 66.1 cm³/mol. The van der Waals surface area contributed by atoms with E-state index in [1.165, 1.54) is 23.1 Å². The maximum absolute atomic E-state index is 11.3. The molecule has 0 saturated heterocycles. The zero-order valence-electron chi connectivity index (χ0n) is 7.41. The van der Waals surface area contributed by atoms with E-state index in [0.29, 0.717) is 8.68 Å². The first-order valence-electron chi connectivity index (χ1n) is 3.69. The third kappa shape index (κ3) is 3.98. The maximum Gasteiger partial charge on any atom is 0.253 e. The Kier molecular flexibility index (Phi) is 5.06. The lowest BCUT2D eigenvalue weighted by molar-refractivity contribution is 0.276. The normalized spacial score (nSPS) is 10.9. The number of thioether (sulfide) groups is 2. The fraction of sp³-hybridized carbons (Fsp3) is 0.429. The molecule has 7 heteroatoms. The van der Waals surface area contributed by atoms with Crippen LogP contribution in [0.4, 0.5) is 4.79 Å². The van der Waals surface area contributed by atoms with Gasteiger partial charge in [-0.2, -0.15) is 0 Å². The standard InChI is InChI=1S/C7H7Cl2NOS3/c1-3(2)12-7(11)14-6-10-4(8)5(9)13-6/h3H,1-2H3. The Morgan fingerprint density at radius 2 is 2.14 bits per heavy atom. The second-order valence-electron chi connectivity index (χ2n) is 2.56. The van der Waals surface area contributed by atoms with Crippen molar-refractivity contribution >= 4 is 62.5 Å². The van der Waals surface area contributed by atoms with Gasteiger partial charge >= 0.3 is 0 Å². The Morgan fingerprint density at radius 3 is 2.57 bits per heavy atom. The molecule has 0 aromatic carbocycles. The van der Waals surface area contributed by atoms with Gasteiger partial charge in [-0.15, -0.1) is 0 Å². The van der Waals surface area contributed by atoms with E-state index in [9.17, 15) is 4.79 Å². The summed E-state index contributed by atoms with van der Waals surface area (Å²) < 4.78 is 1.04. The van der Waals surface area contributed by atoms with Gasteiger partial charge in [0.1, 0.15) is 4.34 Å². The molecule has 0 spiro atoms. The van der Waals surface area contributed by atoms with Crippen LogP contribution in [0.5, 0.6) is 0 Å². The molecule has 0 radical (unpaired) electrons. The summed E-state index contributed by atoms with van der Waals surface area (Å²) in [5.41, 5.74) is 0. The second-order valence-corrected chi connectivity index (χ2v) is 7.55. The van der Waals surface area contributed by atoms with Crippen LogP contribution in [0, 0.1) is 0 Å². The lowest BCUT2D eigenvalue weighted by Gasteiger charge is -1.99. The van der Waals surface area contributed by atoms with Crippen LogP contribution in [0.1, 0.15) is 13.8 Å². The van der Waals surface area contributed by atoms with Crippen LogP contribution in [0.15, 0.2) is 4.34 Å². The van der Waals surface area contributed by atoms with Crippen molar-refractivity contribution in [2.45, 2.75) is 23.4 Å². The molecule has 0 amide bonds. The number of rotatable bonds is 2. The molecule has 1 rings (SSSR count). The van der Waals surface area contributed by atoms with Gasteiger partial charge in [0.25, 0.3) is 4.45 Å². The highest BCUT2D eigenvalue weighted by atomic mass is 35.5. The molecule has 0 fully saturated rings. The number of aromatic nitrogens is 1. The van der Waals surface area contributed by atoms with Crippen LogP contribution < -0.4 is 0 Å². The van der Waals surface area contributed by atoms with Crippen molar-refractivity contribution in [3.8, 4) is 0 Å². The van der Waals surface area contributed by atoms with Crippen molar-refractivity contribution in [1.29, 1.82) is 0 Å². The molecule has 0 atom stereocenters. The fourth-order valence-corrected chi connectivity index (χ4v) is 4.19. The van der Waals surface area contributed by atoms with Crippen LogP contribution in [0.3, 0.4) is 0 Å². The van der Waals surface area contributed by atoms with Crippen LogP contribution >= 0.6 is 58.1 Å². The minimum Gasteiger partial charge on any atom is -0.274 e. The Morgan fingerprint density at radius 1 is 1.50 bits per heavy atom. The molecular formula is C7H7Cl2NOS3. The lowest BCUT2D eigenvalue weighted by atomic mass is 10.6. The van der Waals surface area contributed by atoms with Crippen molar-refractivity contribution < 1.29 is 4.79 Å². The molecule has 0 aliphatic heterocycles. The monoisotopic (exact) mass is 287 g/mol. The summed E-state index contributed by atoms with van der Waals surface area (Å²) >= 11 is 14.9. The van der Waals surface area contributed by atoms with Gasteiger partial charge in [0.15, 0.2) is 9.49 Å². The van der Waals surface area contributed by atoms with E-state index in [1.54, 1.807) is 0 Å². The molecule has 0 aliphatic carbocycles. The molecule has 1 aromatic heterocycles. The molecule has 1 aromatic rings. The molecule has 78 valence electrons. The third-order valence-electron chi connectivity index (χ3n) is 1.03. The zero-order chi connectivity index (χ0) is 10.7. The average Bonchev–Trinajstić information content (AvgIpc) is 2.28. The number of carbonyl (C=O) groups is 1. The molecule has 2 nitrogen and oxygen atoms in total. The van der Waals surface area contributed by atoms with E-state index >= 15 is 0 Å². The minimum absolute atomic E-state index is 0.0158. The Hall–Kier alpha value is 0.580. The fourth-order valence-electron chi connectivity index (χ4n) is 0.597. The van der Waals surface area contributed by atoms with E-state index in [-0.39, 0.29) is 14.9 Å². The summed E-state index contributed by atoms with van der Waals surface area (Å²) in [5.74, 6) is 0. The Balaban J connectivity index is 2.56. The average molecular weight is 288 g/mol. The minimum atomic E-state index is 0.0158. The molecule has 0 unspecified atom stereocenters. The number of carbonyl (C=O) groups excluding carboxylic acids is 1. The summed E-state index contributed by atoms with van der Waals surface area (Å²) in [6.07, 6.45) is 0. The first-order chi connectivity index (χ1) is 6.49. The SMILES string of the molecule is CC(C)SC(=O)Sc1nc(Cl)c(Cl)s1. The summed E-state index contributed by atoms with van der Waals surface area (Å²) in [6, 6.07) is 0. The van der Waals surface area contributed by atoms with Crippen molar-refractivity contribution in [3.05, 3.63) is 9.49 Å². The molecule has 14 heavy (non-hydrogen) atoms. The zero-order valence-corrected chi connectivity index (χ0v) is 11.4. The van der Waals surface area contributed by atoms with E-state index < -0.39 is 0 Å². The highest BCUT2D eigenvalue weighted by Gasteiger charge is 2.13. The van der Waals surface area contributed by atoms with Crippen LogP contribution in [0.25, 0.3) is 0 Å². The topological polar surface area (TPSA) is 30.0 Å². The van der Waals surface area contributed by atoms with E-state index in [4.69, 9.17) is 23.2 Å². The molecule has 1 heterocycles. The molecule has 0 saturated carbocycles. The Bertz CT molecular complexity index is 320. The van der Waals surface area contributed by atoms with Gasteiger partial charge in [-0.05, 0) is 11.8 Å². The number of hydrogen-bond acceptors (Lipinski definition) is 5. The highest BCUT2D eigenvalue weighted by molar-refractivity contribution is 8.39. The van der Waals surface area contributed by atoms with Gasteiger partial charge in [-0.25, -0.2) is 4.98 Å². The van der Waals surface area contributed by atoms with Gasteiger partial charge < -0.3 is 0 Å². The summed E-state index contributed by atoms with van der Waals surface area (Å²) in [5, 5.41) is 0.544. The van der Waals surface area contributed by atoms with E-state index in [1.807, 2.05) is 13.8 Å². The first-order valence-corrected chi connectivity index (χ1v) is 6.96. The van der Waals surface area contributed by atoms with Gasteiger partial charge in [-0.3, -0.25) is 4.79 Å². The smallest absolute Gasteiger partial charge is 0.253 e. The van der Waals surface area contributed by atoms with E-state index in [0.717, 1.165) is 11.8 Å². The quantitative estimate of drug-likeness (QED) is 0.731. The number of halogens is 2. The summed E-state index contributed by atoms with van der Waals surface area (Å²) in [4.78, 5) is 15.3. The van der Waals surface area contributed by atoms with E-state index in [2.05, 4.69) is 4.98 Å². The summed E-state index contributed by atoms with van der Waals surface area (Å²) in [6.45, 7) is 3.93. The molecular weight excluding hydrogens is 281 g/mol. The van der Waals surface area contributed by atoms with Crippen molar-refractivity contribution in [2.75, 3.05) is 0 Å². The number of nitrogens with zero attached hydrogens (tertiary/aromatic N) is 1. The van der Waals surface area contributed by atoms with Gasteiger partial charge in [0, 0.05) is 5.25 Å². The summed E-state index contributed by atoms with van der Waals surface area (Å²) in [7, 11) is 0. The van der Waals surface area contributed by atoms with Gasteiger partial charge in [0.2, 0.25) is 0 Å². The first kappa shape index (κ1) is 12.6. The van der Waals surface area contributed by atoms with Crippen molar-refractivity contribution in [3.63, 3.8) is 0 Å². The van der Waals surface area contributed by atoms with Gasteiger partial charge in [0.05, 0.1) is 0 Å². The van der Waals surface area contributed by atoms with Crippen LogP contribution in [0.2, 0.25) is 9.49 Å². The predicted octanol–water partition coefficient (Wildman–Crippen LogP) is 4.80. The number of thiazole rings is 1. The largest absolute Gasteiger partial charge is 0.274 e. The van der Waals surface area contributed by atoms with Crippen LogP contribution in [-0.4, -0.2) is 14.7 Å². The van der Waals surface area contributed by atoms with Gasteiger partial charge in [-0.1, -0.05) is 60.1 Å². The number of hydrogen-bond donors (Lipinski definition) is 0. The second kappa shape index (κ2) is 5.61. The molecule has 0 aliphatic rings. The molecule has 0 N–H and O–H groups in total. The van der Waals surface area contributed by atoms with Crippen molar-refractivity contribution in [1.82, 2.24) is 4.98 Å². The third-order valence-corrected chi connectivity index (χ3v) is 4.70. The van der Waals surface area contributed by atoms with Crippen molar-refractivity contribution in [2.24, 2.45) is 0 Å². The lowest BCUT2D eigenvalue weighted by Crippen LogP contribution is -1.90. The van der Waals surface area contributed by atoms with Crippen LogP contribution in [-0.2, 0) is 0 Å². The molecule has 0 bridgehead atoms. The maximum atomic E-state index is 11.3.